The number of rotatable bonds is 7. The standard InChI is InChI=1S/C14H19NO4/c1-10(6-7-14(17)18)15-13(16)9-11-4-3-5-12(8-11)19-2/h3-5,8,10H,6-7,9H2,1-2H3,(H,15,16)(H,17,18). The first-order valence-corrected chi connectivity index (χ1v) is 6.15. The van der Waals surface area contributed by atoms with Gasteiger partial charge >= 0.3 is 5.97 Å². The van der Waals surface area contributed by atoms with Crippen molar-refractivity contribution in [1.29, 1.82) is 0 Å². The van der Waals surface area contributed by atoms with Crippen LogP contribution >= 0.6 is 0 Å². The van der Waals surface area contributed by atoms with Gasteiger partial charge in [0.25, 0.3) is 0 Å². The van der Waals surface area contributed by atoms with Crippen molar-refractivity contribution >= 4 is 11.9 Å². The molecular weight excluding hydrogens is 246 g/mol. The molecule has 0 spiro atoms. The SMILES string of the molecule is COc1cccc(CC(=O)NC(C)CCC(=O)O)c1. The molecule has 0 aliphatic rings. The first kappa shape index (κ1) is 15.0. The highest BCUT2D eigenvalue weighted by Crippen LogP contribution is 2.13. The molecule has 104 valence electrons. The van der Waals surface area contributed by atoms with E-state index in [2.05, 4.69) is 5.32 Å². The Kier molecular flexibility index (Phi) is 5.85. The second-order valence-electron chi connectivity index (χ2n) is 4.43. The summed E-state index contributed by atoms with van der Waals surface area (Å²) in [6.45, 7) is 1.80. The number of aliphatic carboxylic acids is 1. The summed E-state index contributed by atoms with van der Waals surface area (Å²) in [6.07, 6.45) is 0.744. The number of nitrogens with one attached hydrogen (secondary N) is 1. The fraction of sp³-hybridized carbons (Fsp3) is 0.429. The lowest BCUT2D eigenvalue weighted by Crippen LogP contribution is -2.34. The minimum atomic E-state index is -0.853. The van der Waals surface area contributed by atoms with Gasteiger partial charge in [0, 0.05) is 12.5 Å². The van der Waals surface area contributed by atoms with Crippen molar-refractivity contribution in [3.8, 4) is 5.75 Å². The summed E-state index contributed by atoms with van der Waals surface area (Å²) in [5.41, 5.74) is 0.863. The summed E-state index contributed by atoms with van der Waals surface area (Å²) in [7, 11) is 1.58. The van der Waals surface area contributed by atoms with Crippen molar-refractivity contribution in [1.82, 2.24) is 5.32 Å². The predicted octanol–water partition coefficient (Wildman–Crippen LogP) is 1.61. The second-order valence-corrected chi connectivity index (χ2v) is 4.43. The van der Waals surface area contributed by atoms with Gasteiger partial charge in [-0.25, -0.2) is 0 Å². The van der Waals surface area contributed by atoms with Crippen molar-refractivity contribution in [3.05, 3.63) is 29.8 Å². The van der Waals surface area contributed by atoms with Crippen LogP contribution in [-0.4, -0.2) is 30.1 Å². The van der Waals surface area contributed by atoms with Crippen molar-refractivity contribution in [2.45, 2.75) is 32.2 Å². The van der Waals surface area contributed by atoms with Crippen molar-refractivity contribution in [2.75, 3.05) is 7.11 Å². The van der Waals surface area contributed by atoms with Crippen LogP contribution in [0.4, 0.5) is 0 Å². The number of hydrogen-bond acceptors (Lipinski definition) is 3. The summed E-state index contributed by atoms with van der Waals surface area (Å²) >= 11 is 0. The molecule has 0 aliphatic carbocycles. The lowest BCUT2D eigenvalue weighted by Gasteiger charge is -2.13. The number of carboxylic acid groups (broad SMARTS) is 1. The maximum absolute atomic E-state index is 11.8. The van der Waals surface area contributed by atoms with Crippen LogP contribution in [0.2, 0.25) is 0 Å². The molecule has 1 aromatic carbocycles. The van der Waals surface area contributed by atoms with Gasteiger partial charge in [-0.1, -0.05) is 12.1 Å². The molecular formula is C14H19NO4. The molecule has 1 unspecified atom stereocenters. The van der Waals surface area contributed by atoms with Gasteiger partial charge in [-0.15, -0.1) is 0 Å². The maximum atomic E-state index is 11.8. The molecule has 0 aromatic heterocycles. The highest BCUT2D eigenvalue weighted by atomic mass is 16.5. The quantitative estimate of drug-likeness (QED) is 0.785. The van der Waals surface area contributed by atoms with Crippen LogP contribution < -0.4 is 10.1 Å². The Balaban J connectivity index is 2.43. The van der Waals surface area contributed by atoms with E-state index in [0.717, 1.165) is 5.56 Å². The Hall–Kier alpha value is -2.04. The van der Waals surface area contributed by atoms with E-state index in [9.17, 15) is 9.59 Å². The minimum absolute atomic E-state index is 0.0562. The van der Waals surface area contributed by atoms with Crippen LogP contribution in [0.5, 0.6) is 5.75 Å². The highest BCUT2D eigenvalue weighted by Gasteiger charge is 2.10. The lowest BCUT2D eigenvalue weighted by atomic mass is 10.1. The molecule has 1 rings (SSSR count). The fourth-order valence-electron chi connectivity index (χ4n) is 1.71. The third-order valence-electron chi connectivity index (χ3n) is 2.70. The molecule has 0 fully saturated rings. The van der Waals surface area contributed by atoms with Gasteiger partial charge in [0.15, 0.2) is 0 Å². The van der Waals surface area contributed by atoms with E-state index >= 15 is 0 Å². The monoisotopic (exact) mass is 265 g/mol. The van der Waals surface area contributed by atoms with Gasteiger partial charge < -0.3 is 15.2 Å². The van der Waals surface area contributed by atoms with E-state index in [1.807, 2.05) is 24.3 Å². The Morgan fingerprint density at radius 2 is 2.16 bits per heavy atom. The first-order valence-electron chi connectivity index (χ1n) is 6.15. The lowest BCUT2D eigenvalue weighted by molar-refractivity contribution is -0.137. The molecule has 0 saturated carbocycles. The Morgan fingerprint density at radius 3 is 2.79 bits per heavy atom. The average Bonchev–Trinajstić information content (AvgIpc) is 2.36. The summed E-state index contributed by atoms with van der Waals surface area (Å²) in [5.74, 6) is -0.260. The largest absolute Gasteiger partial charge is 0.497 e. The average molecular weight is 265 g/mol. The minimum Gasteiger partial charge on any atom is -0.497 e. The number of benzene rings is 1. The highest BCUT2D eigenvalue weighted by molar-refractivity contribution is 5.79. The van der Waals surface area contributed by atoms with Crippen LogP contribution in [0.1, 0.15) is 25.3 Å². The van der Waals surface area contributed by atoms with Gasteiger partial charge in [0.1, 0.15) is 5.75 Å². The summed E-state index contributed by atoms with van der Waals surface area (Å²) in [4.78, 5) is 22.2. The number of amides is 1. The Bertz CT molecular complexity index is 445. The number of carboxylic acids is 1. The van der Waals surface area contributed by atoms with E-state index in [0.29, 0.717) is 12.2 Å². The van der Waals surface area contributed by atoms with Crippen molar-refractivity contribution in [3.63, 3.8) is 0 Å². The van der Waals surface area contributed by atoms with Crippen LogP contribution in [0.25, 0.3) is 0 Å². The molecule has 5 heteroatoms. The third-order valence-corrected chi connectivity index (χ3v) is 2.70. The number of carbonyl (C=O) groups excluding carboxylic acids is 1. The number of hydrogen-bond donors (Lipinski definition) is 2. The molecule has 5 nitrogen and oxygen atoms in total. The molecule has 1 atom stereocenters. The van der Waals surface area contributed by atoms with Crippen LogP contribution in [0.15, 0.2) is 24.3 Å². The molecule has 0 radical (unpaired) electrons. The topological polar surface area (TPSA) is 75.6 Å². The zero-order valence-electron chi connectivity index (χ0n) is 11.2. The molecule has 1 amide bonds. The van der Waals surface area contributed by atoms with Crippen LogP contribution in [-0.2, 0) is 16.0 Å². The van der Waals surface area contributed by atoms with E-state index in [4.69, 9.17) is 9.84 Å². The molecule has 1 aromatic rings. The fourth-order valence-corrected chi connectivity index (χ4v) is 1.71. The summed E-state index contributed by atoms with van der Waals surface area (Å²) in [5, 5.41) is 11.3. The van der Waals surface area contributed by atoms with E-state index in [1.165, 1.54) is 0 Å². The second kappa shape index (κ2) is 7.41. The van der Waals surface area contributed by atoms with Crippen molar-refractivity contribution in [2.24, 2.45) is 0 Å². The van der Waals surface area contributed by atoms with E-state index < -0.39 is 5.97 Å². The Morgan fingerprint density at radius 1 is 1.42 bits per heavy atom. The number of ether oxygens (including phenoxy) is 1. The Labute approximate surface area is 112 Å². The smallest absolute Gasteiger partial charge is 0.303 e. The third kappa shape index (κ3) is 5.90. The van der Waals surface area contributed by atoms with Crippen LogP contribution in [0, 0.1) is 0 Å². The summed E-state index contributed by atoms with van der Waals surface area (Å²) < 4.78 is 5.09. The van der Waals surface area contributed by atoms with Crippen LogP contribution in [0.3, 0.4) is 0 Å². The first-order chi connectivity index (χ1) is 9.01. The predicted molar refractivity (Wildman–Crippen MR) is 71.2 cm³/mol. The molecule has 0 aliphatic heterocycles. The molecule has 0 bridgehead atoms. The van der Waals surface area contributed by atoms with Gasteiger partial charge in [-0.2, -0.15) is 0 Å². The number of carbonyl (C=O) groups is 2. The molecule has 2 N–H and O–H groups in total. The zero-order valence-corrected chi connectivity index (χ0v) is 11.2. The molecule has 19 heavy (non-hydrogen) atoms. The van der Waals surface area contributed by atoms with Gasteiger partial charge in [-0.3, -0.25) is 9.59 Å². The zero-order chi connectivity index (χ0) is 14.3. The van der Waals surface area contributed by atoms with Gasteiger partial charge in [-0.05, 0) is 31.0 Å². The normalized spacial score (nSPS) is 11.7. The van der Waals surface area contributed by atoms with E-state index in [1.54, 1.807) is 14.0 Å². The van der Waals surface area contributed by atoms with Gasteiger partial charge in [0.2, 0.25) is 5.91 Å². The number of methoxy groups -OCH3 is 1. The maximum Gasteiger partial charge on any atom is 0.303 e. The van der Waals surface area contributed by atoms with E-state index in [-0.39, 0.29) is 24.8 Å². The molecule has 0 heterocycles. The van der Waals surface area contributed by atoms with Crippen molar-refractivity contribution < 1.29 is 19.4 Å². The summed E-state index contributed by atoms with van der Waals surface area (Å²) in [6, 6.07) is 7.16. The molecule has 0 saturated heterocycles. The van der Waals surface area contributed by atoms with Gasteiger partial charge in [0.05, 0.1) is 13.5 Å².